The van der Waals surface area contributed by atoms with Crippen LogP contribution in [0.15, 0.2) is 107 Å². The van der Waals surface area contributed by atoms with Crippen molar-refractivity contribution in [2.75, 3.05) is 17.4 Å². The molecule has 0 bridgehead atoms. The standard InChI is InChI=1S/C43H50N8O4S/c1-9-35(55-36-26-21-28(42(4,5)10-2)27-32(36)43(6,7)11-3)39(52)45-33-19-15-16-20-34(33)51-40(53)37(38(47-51)44-29-22-24-31(54-8)25-23-29)56-41-46-48-49-50(41)30-17-13-12-14-18-30/h12-27,35,37H,9-11H2,1-8H3,(H,44,47)(H,45,52). The molecule has 1 aliphatic heterocycles. The van der Waals surface area contributed by atoms with Gasteiger partial charge in [-0.25, -0.2) is 10.0 Å². The topological polar surface area (TPSA) is 136 Å². The van der Waals surface area contributed by atoms with Gasteiger partial charge in [-0.05, 0) is 101 Å². The van der Waals surface area contributed by atoms with Crippen LogP contribution in [0, 0.1) is 0 Å². The summed E-state index contributed by atoms with van der Waals surface area (Å²) >= 11 is 1.17. The first-order valence-corrected chi connectivity index (χ1v) is 19.8. The van der Waals surface area contributed by atoms with Gasteiger partial charge in [-0.3, -0.25) is 15.0 Å². The van der Waals surface area contributed by atoms with Crippen molar-refractivity contribution < 1.29 is 19.1 Å². The third-order valence-electron chi connectivity index (χ3n) is 10.5. The lowest BCUT2D eigenvalue weighted by Crippen LogP contribution is -2.38. The highest BCUT2D eigenvalue weighted by atomic mass is 32.2. The Kier molecular flexibility index (Phi) is 12.1. The first-order valence-electron chi connectivity index (χ1n) is 18.9. The van der Waals surface area contributed by atoms with Crippen molar-refractivity contribution in [1.82, 2.24) is 25.6 Å². The number of tetrazole rings is 1. The summed E-state index contributed by atoms with van der Waals surface area (Å²) in [5.74, 6) is 1.09. The number of amidine groups is 1. The SMILES string of the molecule is CCC(Oc1ccc(C(C)(C)CC)cc1C(C)(C)CC)C(=O)Nc1ccccc1N1NC(=Nc2ccc(OC)cc2)C(Sc2nnnn2-c2ccccc2)C1=O. The van der Waals surface area contributed by atoms with Gasteiger partial charge < -0.3 is 14.8 Å². The smallest absolute Gasteiger partial charge is 0.267 e. The molecule has 1 aliphatic rings. The molecule has 1 saturated heterocycles. The maximum absolute atomic E-state index is 14.5. The van der Waals surface area contributed by atoms with E-state index in [1.54, 1.807) is 48.2 Å². The molecule has 2 atom stereocenters. The molecule has 1 fully saturated rings. The van der Waals surface area contributed by atoms with Gasteiger partial charge in [0.15, 0.2) is 11.4 Å². The van der Waals surface area contributed by atoms with Crippen LogP contribution < -0.4 is 25.2 Å². The third kappa shape index (κ3) is 8.57. The van der Waals surface area contributed by atoms with Gasteiger partial charge in [0.25, 0.3) is 11.8 Å². The van der Waals surface area contributed by atoms with E-state index < -0.39 is 11.4 Å². The quantitative estimate of drug-likeness (QED) is 0.107. The van der Waals surface area contributed by atoms with Gasteiger partial charge in [0.05, 0.1) is 29.9 Å². The van der Waals surface area contributed by atoms with Crippen molar-refractivity contribution in [3.05, 3.63) is 108 Å². The summed E-state index contributed by atoms with van der Waals surface area (Å²) in [7, 11) is 1.60. The molecule has 2 heterocycles. The second kappa shape index (κ2) is 17.0. The van der Waals surface area contributed by atoms with E-state index in [1.807, 2.05) is 55.5 Å². The number of ether oxygens (including phenoxy) is 2. The van der Waals surface area contributed by atoms with Crippen LogP contribution in [0.2, 0.25) is 0 Å². The van der Waals surface area contributed by atoms with Crippen molar-refractivity contribution in [3.63, 3.8) is 0 Å². The molecule has 13 heteroatoms. The first-order chi connectivity index (χ1) is 26.9. The number of para-hydroxylation sites is 3. The predicted molar refractivity (Wildman–Crippen MR) is 222 cm³/mol. The van der Waals surface area contributed by atoms with Crippen molar-refractivity contribution in [2.24, 2.45) is 4.99 Å². The second-order valence-electron chi connectivity index (χ2n) is 14.9. The summed E-state index contributed by atoms with van der Waals surface area (Å²) in [6.07, 6.45) is 1.52. The van der Waals surface area contributed by atoms with Crippen LogP contribution in [0.3, 0.4) is 0 Å². The van der Waals surface area contributed by atoms with Crippen LogP contribution in [-0.2, 0) is 20.4 Å². The monoisotopic (exact) mass is 774 g/mol. The molecule has 12 nitrogen and oxygen atoms in total. The van der Waals surface area contributed by atoms with Crippen LogP contribution >= 0.6 is 11.8 Å². The number of aliphatic imine (C=N–C) groups is 1. The normalized spacial score (nSPS) is 15.8. The minimum absolute atomic E-state index is 0.00335. The minimum atomic E-state index is -0.859. The number of nitrogens with zero attached hydrogens (tertiary/aromatic N) is 6. The van der Waals surface area contributed by atoms with Gasteiger partial charge in [-0.2, -0.15) is 4.68 Å². The van der Waals surface area contributed by atoms with Crippen LogP contribution in [0.25, 0.3) is 5.69 Å². The van der Waals surface area contributed by atoms with Crippen molar-refractivity contribution in [2.45, 2.75) is 95.1 Å². The number of hydrogen-bond acceptors (Lipinski definition) is 9. The number of nitrogens with one attached hydrogen (secondary N) is 2. The molecule has 56 heavy (non-hydrogen) atoms. The number of rotatable bonds is 15. The Labute approximate surface area is 333 Å². The van der Waals surface area contributed by atoms with Gasteiger partial charge in [0.2, 0.25) is 5.16 Å². The van der Waals surface area contributed by atoms with E-state index in [1.165, 1.54) is 22.3 Å². The molecular formula is C43H50N8O4S. The van der Waals surface area contributed by atoms with Gasteiger partial charge in [-0.1, -0.05) is 103 Å². The lowest BCUT2D eigenvalue weighted by atomic mass is 9.76. The number of thioether (sulfide) groups is 1. The maximum atomic E-state index is 14.5. The molecule has 2 N–H and O–H groups in total. The fourth-order valence-corrected chi connectivity index (χ4v) is 7.12. The van der Waals surface area contributed by atoms with E-state index in [2.05, 4.69) is 79.9 Å². The first kappa shape index (κ1) is 40.0. The van der Waals surface area contributed by atoms with Crippen molar-refractivity contribution in [3.8, 4) is 17.2 Å². The number of hydrazine groups is 1. The Bertz CT molecular complexity index is 2190. The van der Waals surface area contributed by atoms with Gasteiger partial charge in [0.1, 0.15) is 17.3 Å². The molecule has 0 spiro atoms. The zero-order chi connectivity index (χ0) is 40.0. The largest absolute Gasteiger partial charge is 0.497 e. The number of carbonyl (C=O) groups excluding carboxylic acids is 2. The van der Waals surface area contributed by atoms with Crippen molar-refractivity contribution in [1.29, 1.82) is 0 Å². The summed E-state index contributed by atoms with van der Waals surface area (Å²) < 4.78 is 13.5. The van der Waals surface area contributed by atoms with Crippen LogP contribution in [0.5, 0.6) is 11.5 Å². The highest BCUT2D eigenvalue weighted by molar-refractivity contribution is 8.01. The Morgan fingerprint density at radius 3 is 2.30 bits per heavy atom. The van der Waals surface area contributed by atoms with Gasteiger partial charge in [-0.15, -0.1) is 5.10 Å². The number of amides is 2. The Hall–Kier alpha value is -5.69. The van der Waals surface area contributed by atoms with E-state index in [9.17, 15) is 9.59 Å². The molecule has 4 aromatic carbocycles. The molecule has 292 valence electrons. The second-order valence-corrected chi connectivity index (χ2v) is 16.0. The number of benzene rings is 4. The fraction of sp³-hybridized carbons (Fsp3) is 0.349. The summed E-state index contributed by atoms with van der Waals surface area (Å²) in [5.41, 5.74) is 7.58. The molecule has 0 saturated carbocycles. The van der Waals surface area contributed by atoms with E-state index in [0.717, 1.165) is 24.1 Å². The predicted octanol–water partition coefficient (Wildman–Crippen LogP) is 8.58. The van der Waals surface area contributed by atoms with Crippen LogP contribution in [0.4, 0.5) is 17.1 Å². The van der Waals surface area contributed by atoms with Crippen LogP contribution in [-0.4, -0.2) is 56.3 Å². The number of anilines is 2. The lowest BCUT2D eigenvalue weighted by molar-refractivity contribution is -0.123. The van der Waals surface area contributed by atoms with E-state index in [0.29, 0.717) is 46.0 Å². The molecular weight excluding hydrogens is 725 g/mol. The molecule has 0 radical (unpaired) electrons. The number of carbonyl (C=O) groups is 2. The minimum Gasteiger partial charge on any atom is -0.497 e. The molecule has 6 rings (SSSR count). The van der Waals surface area contributed by atoms with Gasteiger partial charge >= 0.3 is 0 Å². The molecule has 2 amide bonds. The summed E-state index contributed by atoms with van der Waals surface area (Å²) in [6.45, 7) is 15.2. The van der Waals surface area contributed by atoms with Crippen molar-refractivity contribution >= 4 is 46.5 Å². The average molecular weight is 775 g/mol. The molecule has 2 unspecified atom stereocenters. The molecule has 5 aromatic rings. The summed E-state index contributed by atoms with van der Waals surface area (Å²) in [4.78, 5) is 33.4. The highest BCUT2D eigenvalue weighted by Gasteiger charge is 2.42. The fourth-order valence-electron chi connectivity index (χ4n) is 6.16. The number of methoxy groups -OCH3 is 1. The van der Waals surface area contributed by atoms with Crippen LogP contribution in [0.1, 0.15) is 78.9 Å². The molecule has 0 aliphatic carbocycles. The Balaban J connectivity index is 1.30. The maximum Gasteiger partial charge on any atom is 0.267 e. The zero-order valence-corrected chi connectivity index (χ0v) is 34.1. The molecule has 1 aromatic heterocycles. The summed E-state index contributed by atoms with van der Waals surface area (Å²) in [5, 5.41) is 16.3. The van der Waals surface area contributed by atoms with E-state index in [4.69, 9.17) is 14.5 Å². The average Bonchev–Trinajstić information content (AvgIpc) is 3.81. The zero-order valence-electron chi connectivity index (χ0n) is 33.2. The summed E-state index contributed by atoms with van der Waals surface area (Å²) in [6, 6.07) is 30.2. The van der Waals surface area contributed by atoms with Gasteiger partial charge in [0, 0.05) is 5.56 Å². The third-order valence-corrected chi connectivity index (χ3v) is 11.6. The number of aromatic nitrogens is 4. The van der Waals surface area contributed by atoms with E-state index >= 15 is 0 Å². The Morgan fingerprint density at radius 2 is 1.62 bits per heavy atom. The lowest BCUT2D eigenvalue weighted by Gasteiger charge is -2.31. The number of hydrogen-bond donors (Lipinski definition) is 2. The van der Waals surface area contributed by atoms with E-state index in [-0.39, 0.29) is 22.6 Å². The highest BCUT2D eigenvalue weighted by Crippen LogP contribution is 2.40. The Morgan fingerprint density at radius 1 is 0.929 bits per heavy atom.